The zero-order valence-corrected chi connectivity index (χ0v) is 9.64. The molecule has 0 aliphatic rings. The van der Waals surface area contributed by atoms with Gasteiger partial charge in [0.2, 0.25) is 12.0 Å². The number of para-hydroxylation sites is 1. The number of aliphatic imine (C=N–C) groups is 1. The van der Waals surface area contributed by atoms with Crippen LogP contribution >= 0.6 is 0 Å². The molecule has 0 spiro atoms. The van der Waals surface area contributed by atoms with Crippen LogP contribution in [0.4, 0.5) is 5.69 Å². The maximum absolute atomic E-state index is 10.6. The second-order valence-corrected chi connectivity index (χ2v) is 3.44. The molecule has 0 bridgehead atoms. The normalized spacial score (nSPS) is 9.94. The molecule has 1 aromatic carbocycles. The minimum Gasteiger partial charge on any atom is -0.356 e. The summed E-state index contributed by atoms with van der Waals surface area (Å²) in [4.78, 5) is 24.4. The first-order chi connectivity index (χ1) is 8.24. The van der Waals surface area contributed by atoms with E-state index in [-0.39, 0.29) is 5.91 Å². The Labute approximate surface area is 100 Å². The lowest BCUT2D eigenvalue weighted by Crippen LogP contribution is -2.20. The summed E-state index contributed by atoms with van der Waals surface area (Å²) < 4.78 is 0. The fraction of sp³-hybridized carbons (Fsp3) is 0.231. The summed E-state index contributed by atoms with van der Waals surface area (Å²) in [6.07, 6.45) is 6.06. The molecule has 0 saturated carbocycles. The Balaban J connectivity index is 2.58. The fourth-order valence-corrected chi connectivity index (χ4v) is 1.32. The molecule has 17 heavy (non-hydrogen) atoms. The molecule has 0 radical (unpaired) electrons. The van der Waals surface area contributed by atoms with Gasteiger partial charge in [-0.25, -0.2) is 4.79 Å². The number of amides is 1. The lowest BCUT2D eigenvalue weighted by Gasteiger charge is -1.99. The third-order valence-electron chi connectivity index (χ3n) is 2.09. The zero-order chi connectivity index (χ0) is 12.5. The van der Waals surface area contributed by atoms with Gasteiger partial charge in [-0.05, 0) is 12.5 Å². The van der Waals surface area contributed by atoms with E-state index in [1.54, 1.807) is 6.07 Å². The Morgan fingerprint density at radius 2 is 2.24 bits per heavy atom. The molecule has 1 amide bonds. The minimum absolute atomic E-state index is 0.0376. The monoisotopic (exact) mass is 230 g/mol. The van der Waals surface area contributed by atoms with Crippen molar-refractivity contribution in [3.63, 3.8) is 0 Å². The number of hydrogen-bond acceptors (Lipinski definition) is 3. The van der Waals surface area contributed by atoms with Crippen LogP contribution in [0.2, 0.25) is 0 Å². The quantitative estimate of drug-likeness (QED) is 0.479. The van der Waals surface area contributed by atoms with Crippen molar-refractivity contribution in [2.45, 2.75) is 13.3 Å². The minimum atomic E-state index is -0.0376. The highest BCUT2D eigenvalue weighted by atomic mass is 16.1. The molecule has 4 nitrogen and oxygen atoms in total. The van der Waals surface area contributed by atoms with E-state index in [1.165, 1.54) is 13.0 Å². The molecule has 0 saturated heterocycles. The standard InChI is InChI=1S/C13H14N2O2/c1-11(17)14-9-5-4-7-12-6-2-3-8-13(12)15-10-16/h2-4,6-8H,5,9H2,1H3,(H,14,17). The molecule has 88 valence electrons. The van der Waals surface area contributed by atoms with Gasteiger partial charge in [-0.2, -0.15) is 4.99 Å². The average Bonchev–Trinajstić information content (AvgIpc) is 2.31. The highest BCUT2D eigenvalue weighted by Gasteiger charge is 1.95. The van der Waals surface area contributed by atoms with Crippen LogP contribution in [0.15, 0.2) is 35.3 Å². The van der Waals surface area contributed by atoms with Crippen molar-refractivity contribution in [1.29, 1.82) is 0 Å². The molecule has 1 rings (SSSR count). The van der Waals surface area contributed by atoms with Gasteiger partial charge in [-0.1, -0.05) is 30.4 Å². The van der Waals surface area contributed by atoms with Crippen molar-refractivity contribution < 1.29 is 9.59 Å². The first-order valence-electron chi connectivity index (χ1n) is 5.32. The summed E-state index contributed by atoms with van der Waals surface area (Å²) in [5.41, 5.74) is 1.46. The summed E-state index contributed by atoms with van der Waals surface area (Å²) in [5.74, 6) is -0.0376. The molecule has 0 aliphatic heterocycles. The zero-order valence-electron chi connectivity index (χ0n) is 9.64. The van der Waals surface area contributed by atoms with Crippen molar-refractivity contribution in [2.75, 3.05) is 6.54 Å². The van der Waals surface area contributed by atoms with Crippen molar-refractivity contribution in [1.82, 2.24) is 5.32 Å². The van der Waals surface area contributed by atoms with Gasteiger partial charge in [-0.15, -0.1) is 0 Å². The largest absolute Gasteiger partial charge is 0.356 e. The first-order valence-corrected chi connectivity index (χ1v) is 5.32. The Morgan fingerprint density at radius 3 is 2.94 bits per heavy atom. The van der Waals surface area contributed by atoms with Crippen LogP contribution in [-0.4, -0.2) is 18.5 Å². The van der Waals surface area contributed by atoms with Crippen LogP contribution in [0, 0.1) is 0 Å². The Hall–Kier alpha value is -2.19. The number of carbonyl (C=O) groups excluding carboxylic acids is 2. The van der Waals surface area contributed by atoms with Gasteiger partial charge in [-0.3, -0.25) is 4.79 Å². The van der Waals surface area contributed by atoms with Gasteiger partial charge in [0.15, 0.2) is 0 Å². The summed E-state index contributed by atoms with van der Waals surface area (Å²) in [6.45, 7) is 2.09. The Kier molecular flexibility index (Phi) is 5.41. The molecule has 4 heteroatoms. The van der Waals surface area contributed by atoms with E-state index in [2.05, 4.69) is 10.3 Å². The molecule has 0 heterocycles. The van der Waals surface area contributed by atoms with E-state index in [0.29, 0.717) is 12.2 Å². The van der Waals surface area contributed by atoms with Crippen molar-refractivity contribution >= 4 is 23.8 Å². The molecule has 0 fully saturated rings. The van der Waals surface area contributed by atoms with Gasteiger partial charge in [0.05, 0.1) is 5.69 Å². The van der Waals surface area contributed by atoms with E-state index in [1.807, 2.05) is 30.4 Å². The summed E-state index contributed by atoms with van der Waals surface area (Å²) in [7, 11) is 0. The number of nitrogens with zero attached hydrogens (tertiary/aromatic N) is 1. The Morgan fingerprint density at radius 1 is 1.47 bits per heavy atom. The SMILES string of the molecule is CC(=O)NCCC=Cc1ccccc1N=C=O. The highest BCUT2D eigenvalue weighted by Crippen LogP contribution is 2.19. The number of benzene rings is 1. The van der Waals surface area contributed by atoms with Gasteiger partial charge in [0.1, 0.15) is 0 Å². The number of carbonyl (C=O) groups is 1. The fourth-order valence-electron chi connectivity index (χ4n) is 1.32. The predicted octanol–water partition coefficient (Wildman–Crippen LogP) is 2.19. The molecule has 1 aromatic rings. The molecule has 0 aliphatic carbocycles. The first kappa shape index (κ1) is 12.9. The summed E-state index contributed by atoms with van der Waals surface area (Å²) >= 11 is 0. The molecule has 1 N–H and O–H groups in total. The van der Waals surface area contributed by atoms with Crippen molar-refractivity contribution in [3.8, 4) is 0 Å². The van der Waals surface area contributed by atoms with Gasteiger partial charge < -0.3 is 5.32 Å². The second kappa shape index (κ2) is 7.14. The van der Waals surface area contributed by atoms with Crippen LogP contribution < -0.4 is 5.32 Å². The van der Waals surface area contributed by atoms with Gasteiger partial charge >= 0.3 is 0 Å². The highest BCUT2D eigenvalue weighted by molar-refractivity contribution is 5.72. The van der Waals surface area contributed by atoms with E-state index in [4.69, 9.17) is 0 Å². The van der Waals surface area contributed by atoms with Gasteiger partial charge in [0.25, 0.3) is 0 Å². The van der Waals surface area contributed by atoms with Crippen LogP contribution in [0.3, 0.4) is 0 Å². The molecular weight excluding hydrogens is 216 g/mol. The topological polar surface area (TPSA) is 58.5 Å². The third kappa shape index (κ3) is 4.91. The van der Waals surface area contributed by atoms with E-state index in [0.717, 1.165) is 12.0 Å². The number of hydrogen-bond donors (Lipinski definition) is 1. The maximum Gasteiger partial charge on any atom is 0.240 e. The van der Waals surface area contributed by atoms with E-state index >= 15 is 0 Å². The van der Waals surface area contributed by atoms with Gasteiger partial charge in [0, 0.05) is 19.0 Å². The lowest BCUT2D eigenvalue weighted by molar-refractivity contribution is -0.118. The number of isocyanates is 1. The van der Waals surface area contributed by atoms with Crippen molar-refractivity contribution in [2.24, 2.45) is 4.99 Å². The van der Waals surface area contributed by atoms with Crippen LogP contribution in [0.1, 0.15) is 18.9 Å². The summed E-state index contributed by atoms with van der Waals surface area (Å²) in [5, 5.41) is 2.70. The van der Waals surface area contributed by atoms with Crippen LogP contribution in [0.5, 0.6) is 0 Å². The average molecular weight is 230 g/mol. The Bertz CT molecular complexity index is 460. The lowest BCUT2D eigenvalue weighted by atomic mass is 10.1. The van der Waals surface area contributed by atoms with Crippen LogP contribution in [0.25, 0.3) is 6.08 Å². The molecule has 0 aromatic heterocycles. The molecular formula is C13H14N2O2. The third-order valence-corrected chi connectivity index (χ3v) is 2.09. The van der Waals surface area contributed by atoms with Crippen LogP contribution in [-0.2, 0) is 9.59 Å². The maximum atomic E-state index is 10.6. The predicted molar refractivity (Wildman–Crippen MR) is 66.6 cm³/mol. The second-order valence-electron chi connectivity index (χ2n) is 3.44. The van der Waals surface area contributed by atoms with E-state index in [9.17, 15) is 9.59 Å². The molecule has 0 atom stereocenters. The number of rotatable bonds is 5. The smallest absolute Gasteiger partial charge is 0.240 e. The molecule has 0 unspecified atom stereocenters. The van der Waals surface area contributed by atoms with Crippen molar-refractivity contribution in [3.05, 3.63) is 35.9 Å². The van der Waals surface area contributed by atoms with E-state index < -0.39 is 0 Å². The number of nitrogens with one attached hydrogen (secondary N) is 1. The summed E-state index contributed by atoms with van der Waals surface area (Å²) in [6, 6.07) is 7.30.